The number of amidine groups is 1. The van der Waals surface area contributed by atoms with Crippen molar-refractivity contribution in [2.75, 3.05) is 11.4 Å². The highest BCUT2D eigenvalue weighted by Gasteiger charge is 2.30. The number of anilines is 1. The molecular formula is C25H24F3N5O. The van der Waals surface area contributed by atoms with Crippen LogP contribution in [0.2, 0.25) is 0 Å². The molecule has 5 N–H and O–H groups in total. The van der Waals surface area contributed by atoms with Gasteiger partial charge in [0, 0.05) is 25.2 Å². The minimum atomic E-state index is -4.37. The molecule has 0 saturated carbocycles. The molecule has 0 unspecified atom stereocenters. The fourth-order valence-electron chi connectivity index (χ4n) is 4.04. The van der Waals surface area contributed by atoms with Crippen molar-refractivity contribution in [1.29, 1.82) is 0 Å². The highest BCUT2D eigenvalue weighted by Crippen LogP contribution is 2.34. The Kier molecular flexibility index (Phi) is 6.45. The van der Waals surface area contributed by atoms with Gasteiger partial charge in [-0.1, -0.05) is 48.5 Å². The summed E-state index contributed by atoms with van der Waals surface area (Å²) >= 11 is 0. The maximum Gasteiger partial charge on any atom is 0.416 e. The van der Waals surface area contributed by atoms with Crippen LogP contribution in [0.1, 0.15) is 38.2 Å². The molecule has 1 aliphatic rings. The van der Waals surface area contributed by atoms with Gasteiger partial charge in [-0.2, -0.15) is 18.3 Å². The summed E-state index contributed by atoms with van der Waals surface area (Å²) < 4.78 is 38.6. The molecule has 176 valence electrons. The number of nitrogens with two attached hydrogens (primary N) is 2. The third-order valence-electron chi connectivity index (χ3n) is 5.83. The molecule has 0 saturated heterocycles. The third-order valence-corrected chi connectivity index (χ3v) is 5.83. The molecule has 0 aliphatic carbocycles. The molecule has 1 aliphatic heterocycles. The lowest BCUT2D eigenvalue weighted by Gasteiger charge is -2.22. The number of rotatable bonds is 6. The maximum atomic E-state index is 13.0. The summed E-state index contributed by atoms with van der Waals surface area (Å²) in [6, 6.07) is 17.9. The van der Waals surface area contributed by atoms with E-state index in [2.05, 4.69) is 10.4 Å². The topological polar surface area (TPSA) is 96.7 Å². The van der Waals surface area contributed by atoms with Crippen molar-refractivity contribution in [3.05, 3.63) is 100 Å². The molecule has 9 heteroatoms. The van der Waals surface area contributed by atoms with E-state index < -0.39 is 11.7 Å². The highest BCUT2D eigenvalue weighted by atomic mass is 19.4. The number of halogens is 3. The number of carbonyl (C=O) groups is 1. The third kappa shape index (κ3) is 4.98. The summed E-state index contributed by atoms with van der Waals surface area (Å²) in [5.41, 5.74) is 9.74. The Morgan fingerprint density at radius 2 is 1.68 bits per heavy atom. The second-order valence-corrected chi connectivity index (χ2v) is 8.07. The van der Waals surface area contributed by atoms with Crippen molar-refractivity contribution in [3.63, 3.8) is 0 Å². The molecule has 0 fully saturated rings. The largest absolute Gasteiger partial charge is 0.416 e. The molecule has 3 aromatic rings. The van der Waals surface area contributed by atoms with Crippen LogP contribution in [0.4, 0.5) is 18.9 Å². The summed E-state index contributed by atoms with van der Waals surface area (Å²) in [5, 5.41) is 6.40. The lowest BCUT2D eigenvalue weighted by atomic mass is 10.1. The summed E-state index contributed by atoms with van der Waals surface area (Å²) in [7, 11) is 0. The molecule has 4 rings (SSSR count). The van der Waals surface area contributed by atoms with Gasteiger partial charge in [-0.3, -0.25) is 4.79 Å². The van der Waals surface area contributed by atoms with E-state index in [1.807, 2.05) is 29.2 Å². The van der Waals surface area contributed by atoms with Crippen molar-refractivity contribution >= 4 is 17.4 Å². The lowest BCUT2D eigenvalue weighted by Crippen LogP contribution is -2.27. The average molecular weight is 467 g/mol. The van der Waals surface area contributed by atoms with Gasteiger partial charge in [0.15, 0.2) is 0 Å². The number of carbonyl (C=O) groups excluding carboxylic acids is 1. The highest BCUT2D eigenvalue weighted by molar-refractivity contribution is 6.01. The second kappa shape index (κ2) is 9.46. The standard InChI is InChI=1S/C25H24F3N5O/c26-25(27,28)20-10-6-17(7-11-20)15-33-13-12-18-2-1-3-21(22(18)33)24(34)31-14-16-4-8-19(9-5-16)23(29)32-30/h1-11H,12-15,30H2,(H2,29,32)(H,31,34). The SMILES string of the molecule is N/N=C(\N)c1ccc(CNC(=O)c2cccc3c2N(Cc2ccc(C(F)(F)F)cc2)CC3)cc1. The molecule has 0 bridgehead atoms. The molecule has 0 atom stereocenters. The first-order valence-electron chi connectivity index (χ1n) is 10.7. The van der Waals surface area contributed by atoms with Gasteiger partial charge in [0.2, 0.25) is 0 Å². The first kappa shape index (κ1) is 23.2. The molecule has 34 heavy (non-hydrogen) atoms. The Hall–Kier alpha value is -4.01. The number of amides is 1. The minimum Gasteiger partial charge on any atom is -0.382 e. The van der Waals surface area contributed by atoms with Crippen LogP contribution >= 0.6 is 0 Å². The first-order chi connectivity index (χ1) is 16.3. The van der Waals surface area contributed by atoms with E-state index in [-0.39, 0.29) is 11.7 Å². The zero-order valence-corrected chi connectivity index (χ0v) is 18.3. The fourth-order valence-corrected chi connectivity index (χ4v) is 4.04. The maximum absolute atomic E-state index is 13.0. The number of hydrogen-bond acceptors (Lipinski definition) is 4. The Morgan fingerprint density at radius 3 is 2.32 bits per heavy atom. The average Bonchev–Trinajstić information content (AvgIpc) is 3.25. The molecule has 0 aromatic heterocycles. The van der Waals surface area contributed by atoms with E-state index >= 15 is 0 Å². The van der Waals surface area contributed by atoms with Gasteiger partial charge in [-0.05, 0) is 41.3 Å². The zero-order chi connectivity index (χ0) is 24.3. The summed E-state index contributed by atoms with van der Waals surface area (Å²) in [5.74, 6) is 5.20. The predicted molar refractivity (Wildman–Crippen MR) is 125 cm³/mol. The summed E-state index contributed by atoms with van der Waals surface area (Å²) in [6.45, 7) is 1.43. The van der Waals surface area contributed by atoms with Crippen LogP contribution < -0.4 is 21.8 Å². The number of nitrogens with one attached hydrogen (secondary N) is 1. The molecular weight excluding hydrogens is 443 g/mol. The van der Waals surface area contributed by atoms with E-state index in [9.17, 15) is 18.0 Å². The van der Waals surface area contributed by atoms with E-state index in [0.717, 1.165) is 40.9 Å². The first-order valence-corrected chi connectivity index (χ1v) is 10.7. The predicted octanol–water partition coefficient (Wildman–Crippen LogP) is 3.78. The number of benzene rings is 3. The minimum absolute atomic E-state index is 0.219. The van der Waals surface area contributed by atoms with Gasteiger partial charge in [-0.25, -0.2) is 0 Å². The monoisotopic (exact) mass is 467 g/mol. The second-order valence-electron chi connectivity index (χ2n) is 8.07. The van der Waals surface area contributed by atoms with Crippen molar-refractivity contribution in [3.8, 4) is 0 Å². The Bertz CT molecular complexity index is 1200. The molecule has 0 spiro atoms. The van der Waals surface area contributed by atoms with Crippen LogP contribution in [0.15, 0.2) is 71.8 Å². The van der Waals surface area contributed by atoms with Crippen LogP contribution in [-0.4, -0.2) is 18.3 Å². The molecule has 3 aromatic carbocycles. The number of fused-ring (bicyclic) bond motifs is 1. The van der Waals surface area contributed by atoms with Crippen molar-refractivity contribution in [2.45, 2.75) is 25.7 Å². The molecule has 1 amide bonds. The van der Waals surface area contributed by atoms with Gasteiger partial charge in [0.1, 0.15) is 5.84 Å². The van der Waals surface area contributed by atoms with Crippen LogP contribution in [0.5, 0.6) is 0 Å². The number of hydrazone groups is 1. The van der Waals surface area contributed by atoms with Gasteiger partial charge < -0.3 is 21.8 Å². The van der Waals surface area contributed by atoms with Crippen molar-refractivity contribution < 1.29 is 18.0 Å². The van der Waals surface area contributed by atoms with Crippen molar-refractivity contribution in [1.82, 2.24) is 5.32 Å². The summed E-state index contributed by atoms with van der Waals surface area (Å²) in [6.07, 6.45) is -3.60. The molecule has 6 nitrogen and oxygen atoms in total. The van der Waals surface area contributed by atoms with Crippen molar-refractivity contribution in [2.24, 2.45) is 16.7 Å². The number of nitrogens with zero attached hydrogens (tertiary/aromatic N) is 2. The number of para-hydroxylation sites is 1. The lowest BCUT2D eigenvalue weighted by molar-refractivity contribution is -0.137. The Morgan fingerprint density at radius 1 is 1.00 bits per heavy atom. The van der Waals surface area contributed by atoms with E-state index in [1.54, 1.807) is 18.2 Å². The van der Waals surface area contributed by atoms with Gasteiger partial charge >= 0.3 is 6.18 Å². The van der Waals surface area contributed by atoms with Crippen LogP contribution in [-0.2, 0) is 25.7 Å². The summed E-state index contributed by atoms with van der Waals surface area (Å²) in [4.78, 5) is 15.1. The molecule has 0 radical (unpaired) electrons. The van der Waals surface area contributed by atoms with E-state index in [1.165, 1.54) is 12.1 Å². The van der Waals surface area contributed by atoms with E-state index in [0.29, 0.717) is 30.8 Å². The Labute approximate surface area is 195 Å². The zero-order valence-electron chi connectivity index (χ0n) is 18.3. The Balaban J connectivity index is 1.47. The fraction of sp³-hybridized carbons (Fsp3) is 0.200. The molecule has 1 heterocycles. The van der Waals surface area contributed by atoms with Crippen LogP contribution in [0.3, 0.4) is 0 Å². The normalized spacial score (nSPS) is 13.6. The quantitative estimate of drug-likeness (QED) is 0.223. The van der Waals surface area contributed by atoms with Gasteiger partial charge in [-0.15, -0.1) is 0 Å². The number of alkyl halides is 3. The van der Waals surface area contributed by atoms with E-state index in [4.69, 9.17) is 11.6 Å². The van der Waals surface area contributed by atoms with Crippen LogP contribution in [0.25, 0.3) is 0 Å². The number of hydrogen-bond donors (Lipinski definition) is 3. The van der Waals surface area contributed by atoms with Crippen LogP contribution in [0, 0.1) is 0 Å². The van der Waals surface area contributed by atoms with Gasteiger partial charge in [0.25, 0.3) is 5.91 Å². The van der Waals surface area contributed by atoms with Gasteiger partial charge in [0.05, 0.1) is 16.8 Å². The smallest absolute Gasteiger partial charge is 0.382 e.